The zero-order valence-corrected chi connectivity index (χ0v) is 30.4. The van der Waals surface area contributed by atoms with E-state index >= 15 is 8.78 Å². The van der Waals surface area contributed by atoms with E-state index in [0.29, 0.717) is 0 Å². The van der Waals surface area contributed by atoms with Crippen molar-refractivity contribution in [2.75, 3.05) is 9.80 Å². The van der Waals surface area contributed by atoms with Gasteiger partial charge >= 0.3 is 7.12 Å². The van der Waals surface area contributed by atoms with Gasteiger partial charge in [0.15, 0.2) is 33.0 Å². The van der Waals surface area contributed by atoms with Gasteiger partial charge < -0.3 is 19.9 Å². The van der Waals surface area contributed by atoms with Gasteiger partial charge in [-0.25, -0.2) is 26.9 Å². The van der Waals surface area contributed by atoms with E-state index < -0.39 is 111 Å². The van der Waals surface area contributed by atoms with Gasteiger partial charge in [-0.1, -0.05) is 60.2 Å². The summed E-state index contributed by atoms with van der Waals surface area (Å²) in [5.74, 6) is -23.2. The van der Waals surface area contributed by atoms with Gasteiger partial charge in [0.25, 0.3) is 11.8 Å². The molecule has 6 atom stereocenters. The van der Waals surface area contributed by atoms with Crippen molar-refractivity contribution in [3.8, 4) is 11.5 Å². The number of phenols is 1. The number of halogens is 7. The molecule has 10 nitrogen and oxygen atoms in total. The molecular formula is C39H26BCl2F5N2O8. The number of amides is 4. The Labute approximate surface area is 329 Å². The lowest BCUT2D eigenvalue weighted by atomic mass is 9.56. The molecule has 4 amide bonds. The number of benzene rings is 4. The fourth-order valence-electron chi connectivity index (χ4n) is 8.59. The highest BCUT2D eigenvalue weighted by molar-refractivity contribution is 6.59. The number of nitrogens with zero attached hydrogens (tertiary/aromatic N) is 2. The van der Waals surface area contributed by atoms with Gasteiger partial charge in [-0.05, 0) is 48.0 Å². The van der Waals surface area contributed by atoms with Crippen molar-refractivity contribution in [1.29, 1.82) is 0 Å². The van der Waals surface area contributed by atoms with Crippen molar-refractivity contribution in [2.45, 2.75) is 35.1 Å². The number of fused-ring (bicyclic) bond motifs is 4. The van der Waals surface area contributed by atoms with E-state index in [4.69, 9.17) is 27.9 Å². The number of anilines is 2. The molecule has 4 aliphatic rings. The van der Waals surface area contributed by atoms with Gasteiger partial charge in [0.1, 0.15) is 23.8 Å². The third-order valence-corrected chi connectivity index (χ3v) is 12.6. The van der Waals surface area contributed by atoms with Crippen molar-refractivity contribution in [2.24, 2.45) is 17.8 Å². The normalized spacial score (nSPS) is 26.6. The molecule has 4 aromatic carbocycles. The highest BCUT2D eigenvalue weighted by Gasteiger charge is 2.77. The Morgan fingerprint density at radius 2 is 1.44 bits per heavy atom. The first kappa shape index (κ1) is 38.6. The van der Waals surface area contributed by atoms with Crippen LogP contribution in [0.3, 0.4) is 0 Å². The minimum absolute atomic E-state index is 0.0143. The number of hydrogen-bond donors (Lipinski definition) is 3. The molecule has 0 aromatic heterocycles. The van der Waals surface area contributed by atoms with E-state index in [-0.39, 0.29) is 46.0 Å². The predicted molar refractivity (Wildman–Crippen MR) is 194 cm³/mol. The van der Waals surface area contributed by atoms with Gasteiger partial charge in [-0.2, -0.15) is 0 Å². The van der Waals surface area contributed by atoms with E-state index in [1.165, 1.54) is 48.5 Å². The molecule has 2 heterocycles. The summed E-state index contributed by atoms with van der Waals surface area (Å²) in [5.41, 5.74) is -1.27. The van der Waals surface area contributed by atoms with Crippen LogP contribution in [-0.2, 0) is 25.8 Å². The van der Waals surface area contributed by atoms with Crippen LogP contribution in [0.5, 0.6) is 11.5 Å². The molecule has 3 fully saturated rings. The Morgan fingerprint density at radius 1 is 0.772 bits per heavy atom. The zero-order valence-electron chi connectivity index (χ0n) is 28.9. The molecule has 1 saturated carbocycles. The third kappa shape index (κ3) is 5.52. The largest absolute Gasteiger partial charge is 0.508 e. The first-order valence-corrected chi connectivity index (χ1v) is 18.1. The molecule has 0 radical (unpaired) electrons. The number of aromatic hydroxyl groups is 1. The number of phenolic OH excluding ortho intramolecular Hbond substituents is 1. The maximum atomic E-state index is 15.4. The third-order valence-electron chi connectivity index (χ3n) is 11.2. The van der Waals surface area contributed by atoms with Gasteiger partial charge in [-0.3, -0.25) is 24.1 Å². The first-order chi connectivity index (χ1) is 27.0. The summed E-state index contributed by atoms with van der Waals surface area (Å²) >= 11 is 14.3. The summed E-state index contributed by atoms with van der Waals surface area (Å²) < 4.78 is 79.8. The van der Waals surface area contributed by atoms with Crippen molar-refractivity contribution in [3.05, 3.63) is 125 Å². The Morgan fingerprint density at radius 3 is 2.09 bits per heavy atom. The van der Waals surface area contributed by atoms with Crippen molar-refractivity contribution in [1.82, 2.24) is 0 Å². The monoisotopic (exact) mass is 826 g/mol. The lowest BCUT2D eigenvalue weighted by Gasteiger charge is -2.50. The number of hydrogen-bond acceptors (Lipinski definition) is 8. The van der Waals surface area contributed by atoms with E-state index in [0.717, 1.165) is 10.5 Å². The van der Waals surface area contributed by atoms with Gasteiger partial charge in [-0.15, -0.1) is 23.2 Å². The number of rotatable bonds is 7. The summed E-state index contributed by atoms with van der Waals surface area (Å²) in [4.78, 5) is 52.2. The van der Waals surface area contributed by atoms with Crippen molar-refractivity contribution in [3.63, 3.8) is 0 Å². The number of ether oxygens (including phenoxy) is 1. The first-order valence-electron chi connectivity index (χ1n) is 17.3. The molecule has 0 bridgehead atoms. The van der Waals surface area contributed by atoms with Crippen LogP contribution in [0.15, 0.2) is 84.4 Å². The van der Waals surface area contributed by atoms with Gasteiger partial charge in [0.2, 0.25) is 17.6 Å². The molecule has 0 spiro atoms. The second kappa shape index (κ2) is 13.7. The van der Waals surface area contributed by atoms with Crippen LogP contribution in [0.1, 0.15) is 29.9 Å². The molecule has 18 heteroatoms. The molecule has 57 heavy (non-hydrogen) atoms. The van der Waals surface area contributed by atoms with Crippen molar-refractivity contribution >= 4 is 70.8 Å². The van der Waals surface area contributed by atoms with Crippen LogP contribution < -0.4 is 20.0 Å². The number of alkyl halides is 2. The lowest BCUT2D eigenvalue weighted by molar-refractivity contribution is -0.125. The fourth-order valence-corrected chi connectivity index (χ4v) is 9.52. The van der Waals surface area contributed by atoms with E-state index in [1.807, 2.05) is 0 Å². The van der Waals surface area contributed by atoms with Crippen LogP contribution in [0.2, 0.25) is 0 Å². The van der Waals surface area contributed by atoms with E-state index in [2.05, 4.69) is 0 Å². The van der Waals surface area contributed by atoms with E-state index in [1.54, 1.807) is 30.3 Å². The molecule has 292 valence electrons. The minimum atomic E-state index is -2.85. The van der Waals surface area contributed by atoms with E-state index in [9.17, 15) is 47.5 Å². The average Bonchev–Trinajstić information content (AvgIpc) is 3.54. The standard InChI is InChI=1S/C39H26BCl2F5N2O8/c41-38-15-24-21(11-12-23-26(24)35(52)48(34(23)51)19-8-4-7-18(13-19)40(55)56)27(22-10-9-20(14-25(22)50)57-16-17-5-2-1-3-6-17)39(38,42)37(54)49(36(38)53)33-31(46)29(44)28(43)30(45)32(33)47/h1-11,13-14,23-24,26-27,50,55-56H,12,15-16H2. The highest BCUT2D eigenvalue weighted by Crippen LogP contribution is 2.67. The Kier molecular flexibility index (Phi) is 9.26. The Hall–Kier alpha value is -5.29. The SMILES string of the molecule is O=C1C2CC=C3C(CC4(Cl)C(=O)N(c5c(F)c(F)c(F)c(F)c5F)C(=O)C4(Cl)C3c3ccc(OCc4ccccc4)cc3O)C2C(=O)N1c1cccc(B(O)O)c1. The Bertz CT molecular complexity index is 2430. The maximum Gasteiger partial charge on any atom is 0.488 e. The molecule has 6 unspecified atom stereocenters. The topological polar surface area (TPSA) is 145 Å². The van der Waals surface area contributed by atoms with Crippen LogP contribution >= 0.6 is 23.2 Å². The quantitative estimate of drug-likeness (QED) is 0.0444. The van der Waals surface area contributed by atoms with Crippen molar-refractivity contribution < 1.29 is 61.0 Å². The maximum absolute atomic E-state index is 15.4. The molecule has 8 rings (SSSR count). The number of allylic oxidation sites excluding steroid dienone is 2. The molecule has 3 N–H and O–H groups in total. The molecule has 4 aromatic rings. The summed E-state index contributed by atoms with van der Waals surface area (Å²) in [7, 11) is -1.95. The summed E-state index contributed by atoms with van der Waals surface area (Å²) in [6, 6.07) is 18.1. The second-order valence-electron chi connectivity index (χ2n) is 14.2. The van der Waals surface area contributed by atoms with Crippen LogP contribution in [0.4, 0.5) is 33.3 Å². The molecule has 2 aliphatic carbocycles. The minimum Gasteiger partial charge on any atom is -0.508 e. The van der Waals surface area contributed by atoms with Crippen LogP contribution in [0.25, 0.3) is 0 Å². The average molecular weight is 827 g/mol. The van der Waals surface area contributed by atoms with Crippen LogP contribution in [-0.4, -0.2) is 55.7 Å². The fraction of sp³-hybridized carbons (Fsp3) is 0.231. The van der Waals surface area contributed by atoms with Gasteiger partial charge in [0.05, 0.1) is 17.5 Å². The Balaban J connectivity index is 1.27. The smallest absolute Gasteiger partial charge is 0.488 e. The molecule has 2 aliphatic heterocycles. The molecular weight excluding hydrogens is 801 g/mol. The predicted octanol–water partition coefficient (Wildman–Crippen LogP) is 5.11. The zero-order chi connectivity index (χ0) is 40.9. The summed E-state index contributed by atoms with van der Waals surface area (Å²) in [5, 5.41) is 31.1. The number of carbonyl (C=O) groups excluding carboxylic acids is 4. The number of carbonyl (C=O) groups is 4. The van der Waals surface area contributed by atoms with Gasteiger partial charge in [0, 0.05) is 17.5 Å². The summed E-state index contributed by atoms with van der Waals surface area (Å²) in [6.07, 6.45) is 0.582. The number of imide groups is 2. The van der Waals surface area contributed by atoms with Crippen LogP contribution in [0, 0.1) is 46.8 Å². The highest BCUT2D eigenvalue weighted by atomic mass is 35.5. The molecule has 2 saturated heterocycles. The lowest BCUT2D eigenvalue weighted by Crippen LogP contribution is -2.60. The summed E-state index contributed by atoms with van der Waals surface area (Å²) in [6.45, 7) is 0.0697. The second-order valence-corrected chi connectivity index (χ2v) is 15.4.